The number of carbonyl (C=O) groups is 1. The molecule has 0 unspecified atom stereocenters. The van der Waals surface area contributed by atoms with Gasteiger partial charge >= 0.3 is 5.97 Å². The van der Waals surface area contributed by atoms with Crippen molar-refractivity contribution in [2.24, 2.45) is 5.92 Å². The Morgan fingerprint density at radius 3 is 2.58 bits per heavy atom. The third kappa shape index (κ3) is 3.78. The van der Waals surface area contributed by atoms with Crippen LogP contribution in [-0.2, 0) is 10.0 Å². The Hall–Kier alpha value is -3.58. The van der Waals surface area contributed by atoms with Gasteiger partial charge in [-0.25, -0.2) is 13.2 Å². The number of aromatic carboxylic acids is 1. The second-order valence-corrected chi connectivity index (χ2v) is 10.2. The summed E-state index contributed by atoms with van der Waals surface area (Å²) >= 11 is 0. The Morgan fingerprint density at radius 1 is 1.03 bits per heavy atom. The number of carboxylic acid groups (broad SMARTS) is 1. The van der Waals surface area contributed by atoms with E-state index in [4.69, 9.17) is 0 Å². The van der Waals surface area contributed by atoms with Crippen molar-refractivity contribution in [3.63, 3.8) is 0 Å². The molecule has 1 aliphatic heterocycles. The number of benzene rings is 3. The number of para-hydroxylation sites is 1. The van der Waals surface area contributed by atoms with Crippen molar-refractivity contribution in [3.8, 4) is 0 Å². The number of allylic oxidation sites excluding steroid dienone is 2. The number of fused-ring (bicyclic) bond motifs is 3. The third-order valence-electron chi connectivity index (χ3n) is 6.56. The fourth-order valence-electron chi connectivity index (χ4n) is 4.90. The molecule has 168 valence electrons. The Morgan fingerprint density at radius 2 is 1.79 bits per heavy atom. The van der Waals surface area contributed by atoms with Crippen LogP contribution in [0.15, 0.2) is 83.8 Å². The first-order chi connectivity index (χ1) is 15.8. The molecule has 1 heterocycles. The van der Waals surface area contributed by atoms with E-state index in [1.165, 1.54) is 0 Å². The number of hydrogen-bond donors (Lipinski definition) is 3. The summed E-state index contributed by atoms with van der Waals surface area (Å²) in [5.41, 5.74) is 4.16. The van der Waals surface area contributed by atoms with E-state index in [0.717, 1.165) is 28.8 Å². The number of sulfonamides is 1. The predicted octanol–water partition coefficient (Wildman–Crippen LogP) is 5.32. The number of rotatable bonds is 5. The van der Waals surface area contributed by atoms with Crippen molar-refractivity contribution < 1.29 is 18.3 Å². The molecular formula is C26H24N2O4S. The van der Waals surface area contributed by atoms with Gasteiger partial charge in [0.1, 0.15) is 0 Å². The first-order valence-corrected chi connectivity index (χ1v) is 12.3. The molecule has 0 amide bonds. The van der Waals surface area contributed by atoms with E-state index in [2.05, 4.69) is 22.2 Å². The SMILES string of the molecule is Cc1ccccc1NS(=O)(=O)c1ccc2c(c1)[C@H]1C=CC[C@H]1[C@@H](c1ccccc1C(=O)O)N2. The van der Waals surface area contributed by atoms with Gasteiger partial charge in [0.2, 0.25) is 0 Å². The second-order valence-electron chi connectivity index (χ2n) is 8.54. The molecular weight excluding hydrogens is 436 g/mol. The first-order valence-electron chi connectivity index (χ1n) is 10.8. The number of anilines is 2. The fraction of sp³-hybridized carbons (Fsp3) is 0.192. The molecule has 0 radical (unpaired) electrons. The van der Waals surface area contributed by atoms with Gasteiger partial charge < -0.3 is 10.4 Å². The standard InChI is InChI=1S/C26H24N2O4S/c1-16-7-2-5-12-23(16)28-33(31,32)17-13-14-24-22(15-17)18-10-6-11-19(18)25(27-24)20-8-3-4-9-21(20)26(29)30/h2-10,12-15,18-19,25,27-28H,11H2,1H3,(H,29,30)/t18-,19+,25-/m0/s1. The molecule has 3 N–H and O–H groups in total. The molecule has 2 aliphatic rings. The van der Waals surface area contributed by atoms with Crippen LogP contribution in [0.5, 0.6) is 0 Å². The minimum atomic E-state index is -3.76. The van der Waals surface area contributed by atoms with Crippen molar-refractivity contribution >= 4 is 27.4 Å². The Kier molecular flexibility index (Phi) is 5.21. The lowest BCUT2D eigenvalue weighted by Crippen LogP contribution is -2.30. The zero-order chi connectivity index (χ0) is 23.2. The largest absolute Gasteiger partial charge is 0.478 e. The maximum Gasteiger partial charge on any atom is 0.336 e. The van der Waals surface area contributed by atoms with Gasteiger partial charge in [-0.3, -0.25) is 4.72 Å². The van der Waals surface area contributed by atoms with E-state index >= 15 is 0 Å². The Balaban J connectivity index is 1.52. The number of nitrogens with one attached hydrogen (secondary N) is 2. The monoisotopic (exact) mass is 460 g/mol. The average molecular weight is 461 g/mol. The van der Waals surface area contributed by atoms with E-state index in [1.807, 2.05) is 31.2 Å². The fourth-order valence-corrected chi connectivity index (χ4v) is 6.07. The smallest absolute Gasteiger partial charge is 0.336 e. The molecule has 0 saturated carbocycles. The van der Waals surface area contributed by atoms with E-state index in [0.29, 0.717) is 5.69 Å². The summed E-state index contributed by atoms with van der Waals surface area (Å²) in [6.45, 7) is 1.86. The highest BCUT2D eigenvalue weighted by molar-refractivity contribution is 7.92. The molecule has 0 bridgehead atoms. The van der Waals surface area contributed by atoms with Crippen LogP contribution in [0.1, 0.15) is 45.4 Å². The van der Waals surface area contributed by atoms with Crippen molar-refractivity contribution in [2.45, 2.75) is 30.2 Å². The van der Waals surface area contributed by atoms with Crippen LogP contribution in [-0.4, -0.2) is 19.5 Å². The zero-order valence-electron chi connectivity index (χ0n) is 18.0. The van der Waals surface area contributed by atoms with Crippen molar-refractivity contribution in [1.29, 1.82) is 0 Å². The lowest BCUT2D eigenvalue weighted by molar-refractivity contribution is 0.0694. The van der Waals surface area contributed by atoms with Crippen LogP contribution in [0.4, 0.5) is 11.4 Å². The van der Waals surface area contributed by atoms with Crippen LogP contribution >= 0.6 is 0 Å². The average Bonchev–Trinajstić information content (AvgIpc) is 3.30. The lowest BCUT2D eigenvalue weighted by Gasteiger charge is -2.38. The van der Waals surface area contributed by atoms with Gasteiger partial charge in [-0.1, -0.05) is 48.6 Å². The highest BCUT2D eigenvalue weighted by atomic mass is 32.2. The summed E-state index contributed by atoms with van der Waals surface area (Å²) in [5, 5.41) is 13.2. The van der Waals surface area contributed by atoms with E-state index in [9.17, 15) is 18.3 Å². The van der Waals surface area contributed by atoms with Crippen molar-refractivity contribution in [1.82, 2.24) is 0 Å². The normalized spacial score (nSPS) is 21.1. The van der Waals surface area contributed by atoms with Crippen LogP contribution in [0.2, 0.25) is 0 Å². The predicted molar refractivity (Wildman–Crippen MR) is 128 cm³/mol. The molecule has 33 heavy (non-hydrogen) atoms. The van der Waals surface area contributed by atoms with Crippen LogP contribution < -0.4 is 10.0 Å². The van der Waals surface area contributed by atoms with Gasteiger partial charge in [0.25, 0.3) is 10.0 Å². The van der Waals surface area contributed by atoms with Crippen LogP contribution in [0, 0.1) is 12.8 Å². The number of carboxylic acids is 1. The third-order valence-corrected chi connectivity index (χ3v) is 7.92. The van der Waals surface area contributed by atoms with Crippen molar-refractivity contribution in [3.05, 3.63) is 101 Å². The summed E-state index contributed by atoms with van der Waals surface area (Å²) in [5.74, 6) is -0.855. The molecule has 5 rings (SSSR count). The summed E-state index contributed by atoms with van der Waals surface area (Å²) < 4.78 is 28.9. The first kappa shape index (κ1) is 21.3. The molecule has 0 spiro atoms. The van der Waals surface area contributed by atoms with Gasteiger partial charge in [-0.05, 0) is 66.3 Å². The molecule has 3 aromatic carbocycles. The summed E-state index contributed by atoms with van der Waals surface area (Å²) in [6, 6.07) is 19.2. The second kappa shape index (κ2) is 8.08. The van der Waals surface area contributed by atoms with Crippen LogP contribution in [0.25, 0.3) is 0 Å². The van der Waals surface area contributed by atoms with E-state index in [1.54, 1.807) is 42.5 Å². The Labute approximate surface area is 193 Å². The van der Waals surface area contributed by atoms with Gasteiger partial charge in [0.05, 0.1) is 22.2 Å². The summed E-state index contributed by atoms with van der Waals surface area (Å²) in [7, 11) is -3.76. The Bertz CT molecular complexity index is 1380. The molecule has 3 aromatic rings. The van der Waals surface area contributed by atoms with Crippen LogP contribution in [0.3, 0.4) is 0 Å². The molecule has 3 atom stereocenters. The molecule has 1 aliphatic carbocycles. The van der Waals surface area contributed by atoms with Gasteiger partial charge in [0, 0.05) is 11.6 Å². The van der Waals surface area contributed by atoms with Gasteiger partial charge in [0.15, 0.2) is 0 Å². The maximum absolute atomic E-state index is 13.1. The minimum Gasteiger partial charge on any atom is -0.478 e. The highest BCUT2D eigenvalue weighted by Gasteiger charge is 2.39. The highest BCUT2D eigenvalue weighted by Crippen LogP contribution is 2.50. The number of hydrogen-bond acceptors (Lipinski definition) is 4. The zero-order valence-corrected chi connectivity index (χ0v) is 18.8. The topological polar surface area (TPSA) is 95.5 Å². The molecule has 0 aromatic heterocycles. The van der Waals surface area contributed by atoms with Gasteiger partial charge in [-0.15, -0.1) is 0 Å². The number of aryl methyl sites for hydroxylation is 1. The van der Waals surface area contributed by atoms with E-state index in [-0.39, 0.29) is 28.3 Å². The van der Waals surface area contributed by atoms with Gasteiger partial charge in [-0.2, -0.15) is 0 Å². The summed E-state index contributed by atoms with van der Waals surface area (Å²) in [6.07, 6.45) is 4.98. The van der Waals surface area contributed by atoms with E-state index < -0.39 is 16.0 Å². The minimum absolute atomic E-state index is 0.00159. The lowest BCUT2D eigenvalue weighted by atomic mass is 9.76. The molecule has 7 heteroatoms. The maximum atomic E-state index is 13.1. The molecule has 6 nitrogen and oxygen atoms in total. The van der Waals surface area contributed by atoms with Crippen molar-refractivity contribution in [2.75, 3.05) is 10.0 Å². The quantitative estimate of drug-likeness (QED) is 0.448. The molecule has 0 saturated heterocycles. The summed E-state index contributed by atoms with van der Waals surface area (Å²) in [4.78, 5) is 12.0. The molecule has 0 fully saturated rings.